The number of hydrogen-bond acceptors (Lipinski definition) is 15. The zero-order valence-corrected chi connectivity index (χ0v) is 59.9. The van der Waals surface area contributed by atoms with Gasteiger partial charge in [-0.2, -0.15) is 0 Å². The van der Waals surface area contributed by atoms with Gasteiger partial charge >= 0.3 is 39.5 Å². The van der Waals surface area contributed by atoms with Crippen LogP contribution in [0.1, 0.15) is 374 Å². The minimum absolute atomic E-state index is 0.107. The Hall–Kier alpha value is -1.94. The van der Waals surface area contributed by atoms with Crippen LogP contribution in [0.4, 0.5) is 0 Å². The molecule has 0 fully saturated rings. The first-order chi connectivity index (χ1) is 43.7. The minimum Gasteiger partial charge on any atom is -0.462 e. The van der Waals surface area contributed by atoms with E-state index in [9.17, 15) is 43.2 Å². The summed E-state index contributed by atoms with van der Waals surface area (Å²) >= 11 is 0. The molecule has 0 saturated carbocycles. The molecule has 19 heteroatoms. The van der Waals surface area contributed by atoms with Crippen molar-refractivity contribution in [1.29, 1.82) is 0 Å². The topological polar surface area (TPSA) is 237 Å². The smallest absolute Gasteiger partial charge is 0.462 e. The molecule has 0 saturated heterocycles. The molecule has 0 aliphatic heterocycles. The summed E-state index contributed by atoms with van der Waals surface area (Å²) in [4.78, 5) is 72.3. The van der Waals surface area contributed by atoms with Gasteiger partial charge in [0.1, 0.15) is 19.3 Å². The number of phosphoric ester groups is 2. The predicted octanol–water partition coefficient (Wildman–Crippen LogP) is 20.7. The fraction of sp³-hybridized carbons (Fsp3) is 0.944. The van der Waals surface area contributed by atoms with Crippen LogP contribution < -0.4 is 0 Å². The zero-order valence-electron chi connectivity index (χ0n) is 58.1. The Labute approximate surface area is 549 Å². The van der Waals surface area contributed by atoms with E-state index in [1.165, 1.54) is 199 Å². The van der Waals surface area contributed by atoms with E-state index in [2.05, 4.69) is 27.7 Å². The summed E-state index contributed by atoms with van der Waals surface area (Å²) in [6.45, 7) is 4.87. The van der Waals surface area contributed by atoms with Crippen LogP contribution in [0, 0.1) is 0 Å². The molecular formula is C71H138O17P2. The third kappa shape index (κ3) is 64.8. The number of ether oxygens (including phenoxy) is 4. The fourth-order valence-corrected chi connectivity index (χ4v) is 12.4. The summed E-state index contributed by atoms with van der Waals surface area (Å²) in [6.07, 6.45) is 54.4. The molecule has 0 amide bonds. The van der Waals surface area contributed by atoms with Gasteiger partial charge in [-0.3, -0.25) is 37.3 Å². The summed E-state index contributed by atoms with van der Waals surface area (Å²) in [7, 11) is -9.89. The highest BCUT2D eigenvalue weighted by Crippen LogP contribution is 2.45. The first-order valence-corrected chi connectivity index (χ1v) is 40.3. The third-order valence-electron chi connectivity index (χ3n) is 16.6. The number of aliphatic hydroxyl groups is 1. The third-order valence-corrected chi connectivity index (χ3v) is 18.5. The molecule has 0 aromatic carbocycles. The van der Waals surface area contributed by atoms with Gasteiger partial charge in [0.25, 0.3) is 0 Å². The van der Waals surface area contributed by atoms with E-state index in [0.29, 0.717) is 25.7 Å². The molecule has 0 aromatic rings. The maximum absolute atomic E-state index is 13.0. The van der Waals surface area contributed by atoms with Crippen molar-refractivity contribution in [2.75, 3.05) is 39.6 Å². The Morgan fingerprint density at radius 3 is 0.656 bits per heavy atom. The molecule has 0 radical (unpaired) electrons. The van der Waals surface area contributed by atoms with Crippen molar-refractivity contribution in [2.45, 2.75) is 393 Å². The van der Waals surface area contributed by atoms with Crippen molar-refractivity contribution in [3.63, 3.8) is 0 Å². The highest BCUT2D eigenvalue weighted by Gasteiger charge is 2.30. The number of carbonyl (C=O) groups excluding carboxylic acids is 4. The van der Waals surface area contributed by atoms with Gasteiger partial charge in [0.05, 0.1) is 26.4 Å². The monoisotopic (exact) mass is 1320 g/mol. The van der Waals surface area contributed by atoms with Crippen LogP contribution in [0.25, 0.3) is 0 Å². The summed E-state index contributed by atoms with van der Waals surface area (Å²) < 4.78 is 68.1. The van der Waals surface area contributed by atoms with Crippen molar-refractivity contribution >= 4 is 39.5 Å². The molecule has 0 bridgehead atoms. The average molecular weight is 1330 g/mol. The number of rotatable bonds is 72. The Balaban J connectivity index is 5.13. The maximum Gasteiger partial charge on any atom is 0.472 e. The highest BCUT2D eigenvalue weighted by atomic mass is 31.2. The second-order valence-corrected chi connectivity index (χ2v) is 28.5. The first kappa shape index (κ1) is 88.1. The number of phosphoric acid groups is 2. The average Bonchev–Trinajstić information content (AvgIpc) is 3.71. The molecular weight excluding hydrogens is 1190 g/mol. The van der Waals surface area contributed by atoms with Crippen LogP contribution in [-0.2, 0) is 65.4 Å². The van der Waals surface area contributed by atoms with Gasteiger partial charge in [-0.15, -0.1) is 0 Å². The first-order valence-electron chi connectivity index (χ1n) is 37.3. The molecule has 3 N–H and O–H groups in total. The number of unbranched alkanes of at least 4 members (excludes halogenated alkanes) is 46. The van der Waals surface area contributed by atoms with E-state index in [4.69, 9.17) is 37.0 Å². The molecule has 0 spiro atoms. The largest absolute Gasteiger partial charge is 0.472 e. The second kappa shape index (κ2) is 65.7. The lowest BCUT2D eigenvalue weighted by Crippen LogP contribution is -2.30. The Bertz CT molecular complexity index is 1720. The Morgan fingerprint density at radius 1 is 0.267 bits per heavy atom. The maximum atomic E-state index is 13.0. The molecule has 0 aromatic heterocycles. The molecule has 534 valence electrons. The van der Waals surface area contributed by atoms with Crippen molar-refractivity contribution < 1.29 is 80.2 Å². The Kier molecular flexibility index (Phi) is 64.3. The van der Waals surface area contributed by atoms with Crippen LogP contribution in [0.2, 0.25) is 0 Å². The van der Waals surface area contributed by atoms with Crippen LogP contribution in [0.5, 0.6) is 0 Å². The van der Waals surface area contributed by atoms with Crippen molar-refractivity contribution in [3.8, 4) is 0 Å². The number of hydrogen-bond donors (Lipinski definition) is 3. The highest BCUT2D eigenvalue weighted by molar-refractivity contribution is 7.47. The van der Waals surface area contributed by atoms with Gasteiger partial charge in [0.15, 0.2) is 12.2 Å². The van der Waals surface area contributed by atoms with E-state index in [-0.39, 0.29) is 25.7 Å². The van der Waals surface area contributed by atoms with Gasteiger partial charge in [-0.25, -0.2) is 9.13 Å². The van der Waals surface area contributed by atoms with Gasteiger partial charge in [-0.1, -0.05) is 323 Å². The minimum atomic E-state index is -4.95. The van der Waals surface area contributed by atoms with Crippen molar-refractivity contribution in [1.82, 2.24) is 0 Å². The summed E-state index contributed by atoms with van der Waals surface area (Å²) in [5.41, 5.74) is 0. The molecule has 0 rings (SSSR count). The summed E-state index contributed by atoms with van der Waals surface area (Å²) in [5, 5.41) is 10.6. The normalized spacial score (nSPS) is 14.0. The number of esters is 4. The summed E-state index contributed by atoms with van der Waals surface area (Å²) in [5.74, 6) is -2.13. The van der Waals surface area contributed by atoms with Crippen LogP contribution in [0.15, 0.2) is 0 Å². The SMILES string of the molecule is CCCCCCCCCCCCCCCCCCCCCC(=O)O[C@H](COC(=O)CCCCCCCCCCCCCCC)COP(=O)(O)OC[C@@H](O)COP(=O)(O)OC[C@@H](COC(=O)CCCCCCC)OC(=O)CCCCCCCCCCCCCCC. The van der Waals surface area contributed by atoms with Gasteiger partial charge in [0, 0.05) is 25.7 Å². The standard InChI is InChI=1S/C71H138O17P2/c1-5-9-13-17-20-23-26-29-30-31-32-33-34-37-40-43-46-50-54-58-71(76)88-67(62-82-69(74)56-52-48-44-41-38-35-27-24-21-18-14-10-6-2)64-86-90(79,80)84-60-65(72)59-83-89(77,78)85-63-66(61-81-68(73)55-51-47-16-12-8-4)87-70(75)57-53-49-45-42-39-36-28-25-22-19-15-11-7-3/h65-67,72H,5-64H2,1-4H3,(H,77,78)(H,79,80)/t65-,66+,67+/m0/s1. The van der Waals surface area contributed by atoms with Crippen LogP contribution in [0.3, 0.4) is 0 Å². The molecule has 0 heterocycles. The van der Waals surface area contributed by atoms with Crippen molar-refractivity contribution in [2.24, 2.45) is 0 Å². The predicted molar refractivity (Wildman–Crippen MR) is 363 cm³/mol. The second-order valence-electron chi connectivity index (χ2n) is 25.6. The van der Waals surface area contributed by atoms with E-state index < -0.39 is 97.5 Å². The summed E-state index contributed by atoms with van der Waals surface area (Å²) in [6, 6.07) is 0. The van der Waals surface area contributed by atoms with Gasteiger partial charge in [0.2, 0.25) is 0 Å². The molecule has 5 atom stereocenters. The van der Waals surface area contributed by atoms with Crippen LogP contribution in [-0.4, -0.2) is 96.7 Å². The van der Waals surface area contributed by atoms with Crippen LogP contribution >= 0.6 is 15.6 Å². The quantitative estimate of drug-likeness (QED) is 0.0222. The molecule has 90 heavy (non-hydrogen) atoms. The number of aliphatic hydroxyl groups excluding tert-OH is 1. The molecule has 0 aliphatic carbocycles. The number of carbonyl (C=O) groups is 4. The zero-order chi connectivity index (χ0) is 66.1. The fourth-order valence-electron chi connectivity index (χ4n) is 10.9. The molecule has 2 unspecified atom stereocenters. The molecule has 17 nitrogen and oxygen atoms in total. The van der Waals surface area contributed by atoms with E-state index in [0.717, 1.165) is 96.3 Å². The van der Waals surface area contributed by atoms with E-state index in [1.807, 2.05) is 0 Å². The lowest BCUT2D eigenvalue weighted by atomic mass is 10.0. The lowest BCUT2D eigenvalue weighted by molar-refractivity contribution is -0.161. The van der Waals surface area contributed by atoms with E-state index >= 15 is 0 Å². The van der Waals surface area contributed by atoms with Gasteiger partial charge in [-0.05, 0) is 25.7 Å². The lowest BCUT2D eigenvalue weighted by Gasteiger charge is -2.21. The molecule has 0 aliphatic rings. The van der Waals surface area contributed by atoms with Crippen molar-refractivity contribution in [3.05, 3.63) is 0 Å². The van der Waals surface area contributed by atoms with E-state index in [1.54, 1.807) is 0 Å². The Morgan fingerprint density at radius 2 is 0.444 bits per heavy atom. The van der Waals surface area contributed by atoms with Gasteiger partial charge < -0.3 is 33.8 Å².